The zero-order valence-electron chi connectivity index (χ0n) is 18.1. The van der Waals surface area contributed by atoms with E-state index in [0.717, 1.165) is 27.5 Å². The molecule has 0 bridgehead atoms. The first-order valence-corrected chi connectivity index (χ1v) is 10.7. The number of amides is 2. The molecule has 2 aromatic carbocycles. The van der Waals surface area contributed by atoms with Gasteiger partial charge in [0.15, 0.2) is 0 Å². The van der Waals surface area contributed by atoms with E-state index in [1.807, 2.05) is 66.6 Å². The smallest absolute Gasteiger partial charge is 0.322 e. The highest BCUT2D eigenvalue weighted by Gasteiger charge is 2.24. The Balaban J connectivity index is 1.80. The third-order valence-electron chi connectivity index (χ3n) is 5.48. The molecule has 0 saturated heterocycles. The fourth-order valence-corrected chi connectivity index (χ4v) is 3.65. The highest BCUT2D eigenvalue weighted by Crippen LogP contribution is 2.19. The Kier molecular flexibility index (Phi) is 7.22. The molecular weight excluding hydrogens is 394 g/mol. The number of hydrogen-bond donors (Lipinski definition) is 1. The number of aryl methyl sites for hydroxylation is 1. The van der Waals surface area contributed by atoms with Crippen molar-refractivity contribution in [3.05, 3.63) is 88.7 Å². The Morgan fingerprint density at radius 2 is 1.83 bits per heavy atom. The minimum atomic E-state index is -0.0858. The van der Waals surface area contributed by atoms with Crippen LogP contribution in [0.3, 0.4) is 0 Å². The quantitative estimate of drug-likeness (QED) is 0.458. The molecule has 3 aromatic rings. The first-order chi connectivity index (χ1) is 14.3. The van der Waals surface area contributed by atoms with Crippen molar-refractivity contribution < 1.29 is 4.79 Å². The van der Waals surface area contributed by atoms with E-state index in [4.69, 9.17) is 11.6 Å². The summed E-state index contributed by atoms with van der Waals surface area (Å²) in [5.74, 6) is 0.338. The Bertz CT molecular complexity index is 995. The van der Waals surface area contributed by atoms with Crippen LogP contribution < -0.4 is 5.32 Å². The van der Waals surface area contributed by atoms with E-state index in [1.165, 1.54) is 0 Å². The number of nitrogens with one attached hydrogen (secondary N) is 1. The van der Waals surface area contributed by atoms with Gasteiger partial charge in [0.05, 0.1) is 6.54 Å². The maximum absolute atomic E-state index is 13.2. The predicted molar refractivity (Wildman–Crippen MR) is 125 cm³/mol. The zero-order valence-corrected chi connectivity index (χ0v) is 18.9. The molecule has 0 aliphatic carbocycles. The van der Waals surface area contributed by atoms with E-state index in [1.54, 1.807) is 0 Å². The summed E-state index contributed by atoms with van der Waals surface area (Å²) < 4.78 is 2.17. The summed E-state index contributed by atoms with van der Waals surface area (Å²) in [6.45, 7) is 9.65. The van der Waals surface area contributed by atoms with Crippen molar-refractivity contribution in [1.82, 2.24) is 9.47 Å². The van der Waals surface area contributed by atoms with Crippen LogP contribution >= 0.6 is 11.6 Å². The first kappa shape index (κ1) is 22.0. The van der Waals surface area contributed by atoms with Crippen LogP contribution in [0.25, 0.3) is 0 Å². The summed E-state index contributed by atoms with van der Waals surface area (Å²) in [7, 11) is 0. The molecular formula is C25H30ClN3O. The van der Waals surface area contributed by atoms with Gasteiger partial charge in [0, 0.05) is 35.2 Å². The molecule has 1 N–H and O–H groups in total. The van der Waals surface area contributed by atoms with Gasteiger partial charge in [0.2, 0.25) is 0 Å². The molecule has 1 heterocycles. The van der Waals surface area contributed by atoms with Gasteiger partial charge in [-0.25, -0.2) is 4.79 Å². The largest absolute Gasteiger partial charge is 0.345 e. The maximum Gasteiger partial charge on any atom is 0.322 e. The van der Waals surface area contributed by atoms with Crippen molar-refractivity contribution in [3.8, 4) is 0 Å². The minimum absolute atomic E-state index is 0.0858. The molecule has 1 atom stereocenters. The number of hydrogen-bond acceptors (Lipinski definition) is 1. The zero-order chi connectivity index (χ0) is 21.7. The van der Waals surface area contributed by atoms with E-state index in [2.05, 4.69) is 42.8 Å². The summed E-state index contributed by atoms with van der Waals surface area (Å²) in [6.07, 6.45) is 2.05. The maximum atomic E-state index is 13.2. The Hall–Kier alpha value is -2.72. The van der Waals surface area contributed by atoms with Crippen LogP contribution in [0, 0.1) is 12.8 Å². The van der Waals surface area contributed by atoms with Crippen LogP contribution in [-0.2, 0) is 13.1 Å². The second-order valence-electron chi connectivity index (χ2n) is 8.17. The highest BCUT2D eigenvalue weighted by atomic mass is 35.5. The van der Waals surface area contributed by atoms with Crippen molar-refractivity contribution in [3.63, 3.8) is 0 Å². The van der Waals surface area contributed by atoms with E-state index in [9.17, 15) is 4.79 Å². The number of carbonyl (C=O) groups is 1. The fourth-order valence-electron chi connectivity index (χ4n) is 3.43. The van der Waals surface area contributed by atoms with E-state index < -0.39 is 0 Å². The van der Waals surface area contributed by atoms with Crippen molar-refractivity contribution in [1.29, 1.82) is 0 Å². The average Bonchev–Trinajstić information content (AvgIpc) is 3.12. The standard InChI is InChI=1S/C25H30ClN3O/c1-18(2)20(4)29(25(30)27-23-11-5-8-19(3)14-23)17-24-12-7-13-28(24)16-21-9-6-10-22(26)15-21/h5-15,18,20H,16-17H2,1-4H3,(H,27,30). The van der Waals surface area contributed by atoms with Crippen LogP contribution in [0.15, 0.2) is 66.9 Å². The van der Waals surface area contributed by atoms with Crippen molar-refractivity contribution in [2.24, 2.45) is 5.92 Å². The van der Waals surface area contributed by atoms with Gasteiger partial charge in [0.1, 0.15) is 0 Å². The summed E-state index contributed by atoms with van der Waals surface area (Å²) in [6, 6.07) is 19.9. The summed E-state index contributed by atoms with van der Waals surface area (Å²) in [5, 5.41) is 3.80. The van der Waals surface area contributed by atoms with E-state index in [0.29, 0.717) is 19.0 Å². The summed E-state index contributed by atoms with van der Waals surface area (Å²) in [4.78, 5) is 15.1. The second kappa shape index (κ2) is 9.86. The molecule has 1 aromatic heterocycles. The van der Waals surface area contributed by atoms with Gasteiger partial charge in [-0.05, 0) is 67.3 Å². The van der Waals surface area contributed by atoms with Crippen molar-refractivity contribution >= 4 is 23.3 Å². The number of nitrogens with zero attached hydrogens (tertiary/aromatic N) is 2. The number of anilines is 1. The SMILES string of the molecule is Cc1cccc(NC(=O)N(Cc2cccn2Cc2cccc(Cl)c2)C(C)C(C)C)c1. The Labute approximate surface area is 184 Å². The lowest BCUT2D eigenvalue weighted by Gasteiger charge is -2.32. The molecule has 4 nitrogen and oxygen atoms in total. The van der Waals surface area contributed by atoms with Gasteiger partial charge in [0.25, 0.3) is 0 Å². The number of aromatic nitrogens is 1. The highest BCUT2D eigenvalue weighted by molar-refractivity contribution is 6.30. The van der Waals surface area contributed by atoms with Gasteiger partial charge in [-0.2, -0.15) is 0 Å². The minimum Gasteiger partial charge on any atom is -0.345 e. The third-order valence-corrected chi connectivity index (χ3v) is 5.72. The second-order valence-corrected chi connectivity index (χ2v) is 8.61. The number of urea groups is 1. The lowest BCUT2D eigenvalue weighted by atomic mass is 10.0. The molecule has 0 saturated carbocycles. The van der Waals surface area contributed by atoms with E-state index >= 15 is 0 Å². The monoisotopic (exact) mass is 423 g/mol. The average molecular weight is 424 g/mol. The van der Waals surface area contributed by atoms with Crippen molar-refractivity contribution in [2.45, 2.75) is 46.8 Å². The Morgan fingerprint density at radius 3 is 2.53 bits per heavy atom. The molecule has 0 spiro atoms. The topological polar surface area (TPSA) is 37.3 Å². The van der Waals surface area contributed by atoms with Gasteiger partial charge < -0.3 is 14.8 Å². The molecule has 30 heavy (non-hydrogen) atoms. The van der Waals surface area contributed by atoms with Crippen LogP contribution in [0.2, 0.25) is 5.02 Å². The molecule has 2 amide bonds. The molecule has 0 radical (unpaired) electrons. The van der Waals surface area contributed by atoms with Gasteiger partial charge in [-0.3, -0.25) is 0 Å². The summed E-state index contributed by atoms with van der Waals surface area (Å²) >= 11 is 6.14. The number of benzene rings is 2. The predicted octanol–water partition coefficient (Wildman–Crippen LogP) is 6.58. The normalized spacial score (nSPS) is 12.1. The molecule has 0 aliphatic heterocycles. The van der Waals surface area contributed by atoms with Crippen LogP contribution in [-0.4, -0.2) is 21.5 Å². The summed E-state index contributed by atoms with van der Waals surface area (Å²) in [5.41, 5.74) is 4.15. The molecule has 158 valence electrons. The number of carbonyl (C=O) groups excluding carboxylic acids is 1. The van der Waals surface area contributed by atoms with Crippen molar-refractivity contribution in [2.75, 3.05) is 5.32 Å². The molecule has 5 heteroatoms. The molecule has 3 rings (SSSR count). The van der Waals surface area contributed by atoms with Crippen LogP contribution in [0.4, 0.5) is 10.5 Å². The third kappa shape index (κ3) is 5.67. The number of halogens is 1. The number of rotatable bonds is 7. The van der Waals surface area contributed by atoms with Crippen LogP contribution in [0.5, 0.6) is 0 Å². The van der Waals surface area contributed by atoms with Gasteiger partial charge >= 0.3 is 6.03 Å². The molecule has 1 unspecified atom stereocenters. The Morgan fingerprint density at radius 1 is 1.07 bits per heavy atom. The lowest BCUT2D eigenvalue weighted by Crippen LogP contribution is -2.43. The lowest BCUT2D eigenvalue weighted by molar-refractivity contribution is 0.168. The van der Waals surface area contributed by atoms with E-state index in [-0.39, 0.29) is 12.1 Å². The molecule has 0 aliphatic rings. The molecule has 0 fully saturated rings. The van der Waals surface area contributed by atoms with Crippen LogP contribution in [0.1, 0.15) is 37.6 Å². The van der Waals surface area contributed by atoms with Gasteiger partial charge in [-0.15, -0.1) is 0 Å². The first-order valence-electron chi connectivity index (χ1n) is 10.4. The fraction of sp³-hybridized carbons (Fsp3) is 0.320. The van der Waals surface area contributed by atoms with Gasteiger partial charge in [-0.1, -0.05) is 49.7 Å².